The highest BCUT2D eigenvalue weighted by molar-refractivity contribution is 5.88. The number of nitrogens with one attached hydrogen (secondary N) is 1. The minimum absolute atomic E-state index is 0.0867. The van der Waals surface area contributed by atoms with E-state index in [1.807, 2.05) is 54.6 Å². The monoisotopic (exact) mass is 833 g/mol. The summed E-state index contributed by atoms with van der Waals surface area (Å²) in [6.07, 6.45) is 1.69. The summed E-state index contributed by atoms with van der Waals surface area (Å²) in [7, 11) is 0. The Labute approximate surface area is 353 Å². The van der Waals surface area contributed by atoms with Gasteiger partial charge in [0.1, 0.15) is 29.6 Å². The zero-order valence-electron chi connectivity index (χ0n) is 36.1. The van der Waals surface area contributed by atoms with E-state index in [9.17, 15) is 28.8 Å². The van der Waals surface area contributed by atoms with E-state index < -0.39 is 59.3 Å². The number of rotatable bonds is 15. The molecule has 0 aliphatic rings. The lowest BCUT2D eigenvalue weighted by Crippen LogP contribution is -2.48. The topological polar surface area (TPSA) is 170 Å². The zero-order valence-corrected chi connectivity index (χ0v) is 36.1. The zero-order chi connectivity index (χ0) is 44.2. The molecule has 6 aromatic rings. The van der Waals surface area contributed by atoms with Gasteiger partial charge in [-0.05, 0) is 89.3 Å². The number of hydrogen-bond donors (Lipinski definition) is 1. The van der Waals surface area contributed by atoms with Gasteiger partial charge in [0.15, 0.2) is 0 Å². The number of carbonyl (C=O) groups excluding carboxylic acids is 3. The lowest BCUT2D eigenvalue weighted by molar-refractivity contribution is -0.165. The van der Waals surface area contributed by atoms with Crippen LogP contribution < -0.4 is 22.3 Å². The van der Waals surface area contributed by atoms with Crippen molar-refractivity contribution in [2.45, 2.75) is 118 Å². The number of nitrogens with zero attached hydrogens (tertiary/aromatic N) is 6. The maximum atomic E-state index is 14.2. The molecule has 0 aliphatic carbocycles. The highest BCUT2D eigenvalue weighted by atomic mass is 16.6. The van der Waals surface area contributed by atoms with E-state index in [2.05, 4.69) is 29.8 Å². The summed E-state index contributed by atoms with van der Waals surface area (Å²) in [6.45, 7) is 15.1. The van der Waals surface area contributed by atoms with Crippen LogP contribution in [0.25, 0.3) is 22.1 Å². The third-order valence-electron chi connectivity index (χ3n) is 9.86. The van der Waals surface area contributed by atoms with Gasteiger partial charge in [-0.1, -0.05) is 62.4 Å². The van der Waals surface area contributed by atoms with Crippen LogP contribution in [0.1, 0.15) is 85.2 Å². The van der Waals surface area contributed by atoms with E-state index in [1.54, 1.807) is 62.8 Å². The molecule has 1 atom stereocenters. The Morgan fingerprint density at radius 2 is 1.23 bits per heavy atom. The lowest BCUT2D eigenvalue weighted by Gasteiger charge is -2.25. The first-order chi connectivity index (χ1) is 28.8. The first-order valence-electron chi connectivity index (χ1n) is 20.5. The van der Waals surface area contributed by atoms with Crippen LogP contribution >= 0.6 is 0 Å². The summed E-state index contributed by atoms with van der Waals surface area (Å²) < 4.78 is 18.5. The fourth-order valence-electron chi connectivity index (χ4n) is 7.05. The fraction of sp³-hybridized carbons (Fsp3) is 0.413. The van der Waals surface area contributed by atoms with Crippen molar-refractivity contribution in [3.63, 3.8) is 0 Å². The molecular weight excluding hydrogens is 779 g/mol. The molecule has 0 saturated heterocycles. The van der Waals surface area contributed by atoms with Gasteiger partial charge in [-0.2, -0.15) is 0 Å². The maximum absolute atomic E-state index is 14.2. The van der Waals surface area contributed by atoms with Crippen molar-refractivity contribution in [2.24, 2.45) is 5.92 Å². The normalized spacial score (nSPS) is 12.5. The molecule has 1 N–H and O–H groups in total. The Kier molecular flexibility index (Phi) is 13.0. The number of esters is 2. The lowest BCUT2D eigenvalue weighted by atomic mass is 10.1. The number of benzene rings is 3. The van der Waals surface area contributed by atoms with Gasteiger partial charge in [0.25, 0.3) is 5.56 Å². The van der Waals surface area contributed by atoms with Gasteiger partial charge >= 0.3 is 23.3 Å². The van der Waals surface area contributed by atoms with E-state index in [4.69, 9.17) is 14.5 Å². The third kappa shape index (κ3) is 11.0. The number of imidazole rings is 2. The van der Waals surface area contributed by atoms with E-state index in [1.165, 1.54) is 12.3 Å². The average molecular weight is 834 g/mol. The molecular formula is C46H55N7O8. The van der Waals surface area contributed by atoms with Crippen LogP contribution in [0, 0.1) is 5.92 Å². The largest absolute Gasteiger partial charge is 0.460 e. The number of hydrogen-bond acceptors (Lipinski definition) is 9. The molecule has 0 saturated carbocycles. The molecule has 0 aliphatic heterocycles. The Hall–Kier alpha value is -6.51. The predicted molar refractivity (Wildman–Crippen MR) is 232 cm³/mol. The van der Waals surface area contributed by atoms with Crippen LogP contribution in [0.4, 0.5) is 0 Å². The molecule has 0 bridgehead atoms. The second-order valence-corrected chi connectivity index (χ2v) is 17.7. The number of amides is 1. The van der Waals surface area contributed by atoms with Crippen molar-refractivity contribution in [2.75, 3.05) is 0 Å². The smallest absolute Gasteiger partial charge is 0.331 e. The van der Waals surface area contributed by atoms with Gasteiger partial charge in [0.2, 0.25) is 5.91 Å². The van der Waals surface area contributed by atoms with Crippen LogP contribution in [0.15, 0.2) is 99.4 Å². The molecule has 3 aromatic carbocycles. The van der Waals surface area contributed by atoms with E-state index in [0.29, 0.717) is 18.0 Å². The highest BCUT2D eigenvalue weighted by Crippen LogP contribution is 2.22. The van der Waals surface area contributed by atoms with Crippen LogP contribution in [0.5, 0.6) is 0 Å². The van der Waals surface area contributed by atoms with E-state index >= 15 is 0 Å². The van der Waals surface area contributed by atoms with Crippen molar-refractivity contribution in [3.8, 4) is 0 Å². The Morgan fingerprint density at radius 1 is 0.672 bits per heavy atom. The number of aromatic nitrogens is 6. The molecule has 1 amide bonds. The highest BCUT2D eigenvalue weighted by Gasteiger charge is 2.31. The minimum atomic E-state index is -1.38. The summed E-state index contributed by atoms with van der Waals surface area (Å²) in [5, 5.41) is 2.50. The molecule has 61 heavy (non-hydrogen) atoms. The molecule has 15 nitrogen and oxygen atoms in total. The molecule has 0 spiro atoms. The molecule has 0 unspecified atom stereocenters. The molecule has 322 valence electrons. The standard InChI is InChI=1S/C46H55N7O8/c1-30(2)21-24-50-35-14-10-9-13-33(35)47-38(50)28-52-37-16-12-11-15-36(37)51(44(52)59)26-31-17-19-32(20-18-31)27-53-40(55)22-23-49(43(53)58)29-39(54)48-34(42(57)61-46(6,7)8)25-41(56)60-45(3,4)5/h9-20,22-23,30,34H,21,24-29H2,1-8H3,(H,48,54)/t34-/m0/s1. The molecule has 0 fully saturated rings. The van der Waals surface area contributed by atoms with Crippen LogP contribution in [0.3, 0.4) is 0 Å². The summed E-state index contributed by atoms with van der Waals surface area (Å²) in [4.78, 5) is 84.4. The second kappa shape index (κ2) is 18.0. The van der Waals surface area contributed by atoms with Gasteiger partial charge in [0, 0.05) is 18.8 Å². The van der Waals surface area contributed by atoms with Crippen molar-refractivity contribution in [1.29, 1.82) is 0 Å². The van der Waals surface area contributed by atoms with Crippen LogP contribution in [-0.2, 0) is 56.6 Å². The molecule has 3 heterocycles. The van der Waals surface area contributed by atoms with Crippen LogP contribution in [0.2, 0.25) is 0 Å². The van der Waals surface area contributed by atoms with Crippen molar-refractivity contribution >= 4 is 39.9 Å². The maximum Gasteiger partial charge on any atom is 0.331 e. The van der Waals surface area contributed by atoms with Gasteiger partial charge in [0.05, 0.1) is 48.1 Å². The fourth-order valence-corrected chi connectivity index (χ4v) is 7.05. The summed E-state index contributed by atoms with van der Waals surface area (Å²) in [6, 6.07) is 22.8. The molecule has 3 aromatic heterocycles. The first kappa shape index (κ1) is 44.1. The summed E-state index contributed by atoms with van der Waals surface area (Å²) in [5.74, 6) is -0.989. The summed E-state index contributed by atoms with van der Waals surface area (Å²) in [5.41, 5.74) is 1.77. The number of ether oxygens (including phenoxy) is 2. The van der Waals surface area contributed by atoms with Crippen LogP contribution in [-0.4, -0.2) is 62.9 Å². The minimum Gasteiger partial charge on any atom is -0.460 e. The third-order valence-corrected chi connectivity index (χ3v) is 9.86. The molecule has 0 radical (unpaired) electrons. The number of para-hydroxylation sites is 4. The van der Waals surface area contributed by atoms with E-state index in [0.717, 1.165) is 55.6 Å². The predicted octanol–water partition coefficient (Wildman–Crippen LogP) is 5.23. The molecule has 6 rings (SSSR count). The van der Waals surface area contributed by atoms with Gasteiger partial charge in [-0.25, -0.2) is 19.4 Å². The number of aryl methyl sites for hydroxylation is 1. The van der Waals surface area contributed by atoms with E-state index in [-0.39, 0.29) is 18.8 Å². The van der Waals surface area contributed by atoms with Gasteiger partial charge in [-0.3, -0.25) is 32.7 Å². The SMILES string of the molecule is CC(C)CCn1c(Cn2c(=O)n(Cc3ccc(Cn4c(=O)ccn(CC(=O)N[C@@H](CC(=O)OC(C)(C)C)C(=O)OC(C)(C)C)c4=O)cc3)c3ccccc32)nc2ccccc21. The Balaban J connectivity index is 1.18. The number of fused-ring (bicyclic) bond motifs is 2. The van der Waals surface area contributed by atoms with Crippen molar-refractivity contribution in [3.05, 3.63) is 133 Å². The van der Waals surface area contributed by atoms with Gasteiger partial charge < -0.3 is 19.4 Å². The quantitative estimate of drug-likeness (QED) is 0.136. The average Bonchev–Trinajstić information content (AvgIpc) is 3.65. The second-order valence-electron chi connectivity index (χ2n) is 17.7. The van der Waals surface area contributed by atoms with Crippen molar-refractivity contribution < 1.29 is 23.9 Å². The Bertz CT molecular complexity index is 2740. The Morgan fingerprint density at radius 3 is 1.82 bits per heavy atom. The van der Waals surface area contributed by atoms with Crippen molar-refractivity contribution in [1.82, 2.24) is 33.1 Å². The number of carbonyl (C=O) groups is 3. The molecule has 15 heteroatoms. The first-order valence-corrected chi connectivity index (χ1v) is 20.5. The van der Waals surface area contributed by atoms with Gasteiger partial charge in [-0.15, -0.1) is 0 Å². The summed E-state index contributed by atoms with van der Waals surface area (Å²) >= 11 is 0.